The fourth-order valence-corrected chi connectivity index (χ4v) is 3.35. The van der Waals surface area contributed by atoms with Crippen LogP contribution in [0.3, 0.4) is 0 Å². The molecule has 0 radical (unpaired) electrons. The summed E-state index contributed by atoms with van der Waals surface area (Å²) in [6.07, 6.45) is 1.26. The summed E-state index contributed by atoms with van der Waals surface area (Å²) in [7, 11) is 3.38. The van der Waals surface area contributed by atoms with Gasteiger partial charge >= 0.3 is 6.09 Å². The Labute approximate surface area is 183 Å². The molecule has 2 aromatic rings. The highest BCUT2D eigenvalue weighted by Crippen LogP contribution is 2.35. The molecule has 2 amide bonds. The van der Waals surface area contributed by atoms with Crippen LogP contribution >= 0.6 is 0 Å². The minimum absolute atomic E-state index is 0.125. The van der Waals surface area contributed by atoms with Gasteiger partial charge in [0, 0.05) is 14.1 Å². The van der Waals surface area contributed by atoms with Gasteiger partial charge in [0.25, 0.3) is 5.91 Å². The molecule has 3 rings (SSSR count). The van der Waals surface area contributed by atoms with Gasteiger partial charge in [0.15, 0.2) is 5.69 Å². The molecule has 1 N–H and O–H groups in total. The Morgan fingerprint density at radius 3 is 2.48 bits per heavy atom. The van der Waals surface area contributed by atoms with Gasteiger partial charge in [-0.15, -0.1) is 0 Å². The third-order valence-corrected chi connectivity index (χ3v) is 5.00. The first kappa shape index (κ1) is 22.8. The molecular weight excluding hydrogens is 396 g/mol. The van der Waals surface area contributed by atoms with E-state index < -0.39 is 11.7 Å². The van der Waals surface area contributed by atoms with Gasteiger partial charge in [-0.2, -0.15) is 5.10 Å². The van der Waals surface area contributed by atoms with E-state index >= 15 is 0 Å². The van der Waals surface area contributed by atoms with Crippen molar-refractivity contribution in [3.8, 4) is 0 Å². The van der Waals surface area contributed by atoms with Gasteiger partial charge in [-0.1, -0.05) is 30.3 Å². The van der Waals surface area contributed by atoms with Crippen molar-refractivity contribution in [1.29, 1.82) is 0 Å². The summed E-state index contributed by atoms with van der Waals surface area (Å²) in [5.74, 6) is -0.173. The molecule has 0 saturated heterocycles. The lowest BCUT2D eigenvalue weighted by molar-refractivity contribution is -0.0391. The number of hydrogen-bond acceptors (Lipinski definition) is 5. The first-order valence-electron chi connectivity index (χ1n) is 10.5. The molecule has 31 heavy (non-hydrogen) atoms. The quantitative estimate of drug-likeness (QED) is 0.729. The highest BCUT2D eigenvalue weighted by Gasteiger charge is 2.34. The standard InChI is InChI=1S/C23H32N4O4/c1-23(2,3)31-22(29)24-14-18-13-20(21(28)26(4)5)25-27(18)17-11-19(12-17)30-15-16-9-7-6-8-10-16/h6-10,13,17,19H,11-12,14-15H2,1-5H3,(H,24,29). The summed E-state index contributed by atoms with van der Waals surface area (Å²) in [6, 6.07) is 11.9. The largest absolute Gasteiger partial charge is 0.444 e. The van der Waals surface area contributed by atoms with Crippen molar-refractivity contribution in [2.75, 3.05) is 14.1 Å². The van der Waals surface area contributed by atoms with Gasteiger partial charge in [0.2, 0.25) is 0 Å². The van der Waals surface area contributed by atoms with Crippen molar-refractivity contribution in [3.05, 3.63) is 53.3 Å². The number of amides is 2. The van der Waals surface area contributed by atoms with E-state index in [2.05, 4.69) is 10.4 Å². The van der Waals surface area contributed by atoms with Crippen molar-refractivity contribution in [2.45, 2.75) is 64.5 Å². The van der Waals surface area contributed by atoms with Crippen LogP contribution in [0.25, 0.3) is 0 Å². The fourth-order valence-electron chi connectivity index (χ4n) is 3.35. The number of aromatic nitrogens is 2. The third-order valence-electron chi connectivity index (χ3n) is 5.00. The molecule has 0 unspecified atom stereocenters. The minimum atomic E-state index is -0.576. The lowest BCUT2D eigenvalue weighted by atomic mass is 9.89. The van der Waals surface area contributed by atoms with E-state index in [0.717, 1.165) is 24.1 Å². The molecule has 0 atom stereocenters. The smallest absolute Gasteiger partial charge is 0.407 e. The van der Waals surface area contributed by atoms with E-state index in [1.165, 1.54) is 4.90 Å². The van der Waals surface area contributed by atoms with Crippen molar-refractivity contribution in [1.82, 2.24) is 20.0 Å². The minimum Gasteiger partial charge on any atom is -0.444 e. The lowest BCUT2D eigenvalue weighted by Crippen LogP contribution is -2.36. The van der Waals surface area contributed by atoms with Crippen LogP contribution in [-0.2, 0) is 22.6 Å². The predicted octanol–water partition coefficient (Wildman–Crippen LogP) is 3.53. The Kier molecular flexibility index (Phi) is 7.00. The predicted molar refractivity (Wildman–Crippen MR) is 117 cm³/mol. The number of ether oxygens (including phenoxy) is 2. The van der Waals surface area contributed by atoms with Crippen LogP contribution in [0.5, 0.6) is 0 Å². The molecular formula is C23H32N4O4. The van der Waals surface area contributed by atoms with Crippen molar-refractivity contribution in [3.63, 3.8) is 0 Å². The average Bonchev–Trinajstić information content (AvgIpc) is 3.07. The Bertz CT molecular complexity index is 896. The molecule has 0 spiro atoms. The maximum Gasteiger partial charge on any atom is 0.407 e. The van der Waals surface area contributed by atoms with E-state index in [1.807, 2.05) is 55.8 Å². The van der Waals surface area contributed by atoms with Gasteiger partial charge in [0.1, 0.15) is 5.60 Å². The summed E-state index contributed by atoms with van der Waals surface area (Å²) < 4.78 is 13.1. The molecule has 1 saturated carbocycles. The van der Waals surface area contributed by atoms with Gasteiger partial charge in [0.05, 0.1) is 31.0 Å². The second-order valence-corrected chi connectivity index (χ2v) is 9.06. The van der Waals surface area contributed by atoms with Gasteiger partial charge in [-0.05, 0) is 45.2 Å². The summed E-state index contributed by atoms with van der Waals surface area (Å²) in [5, 5.41) is 7.30. The Balaban J connectivity index is 1.63. The number of nitrogens with zero attached hydrogens (tertiary/aromatic N) is 3. The molecule has 8 heteroatoms. The summed E-state index contributed by atoms with van der Waals surface area (Å²) in [4.78, 5) is 26.0. The van der Waals surface area contributed by atoms with Gasteiger partial charge in [-0.25, -0.2) is 4.79 Å². The molecule has 1 aromatic heterocycles. The Hall–Kier alpha value is -2.87. The number of carbonyl (C=O) groups excluding carboxylic acids is 2. The highest BCUT2D eigenvalue weighted by atomic mass is 16.6. The highest BCUT2D eigenvalue weighted by molar-refractivity contribution is 5.92. The third kappa shape index (κ3) is 6.30. The topological polar surface area (TPSA) is 85.7 Å². The monoisotopic (exact) mass is 428 g/mol. The van der Waals surface area contributed by atoms with Gasteiger partial charge < -0.3 is 19.7 Å². The van der Waals surface area contributed by atoms with E-state index in [4.69, 9.17) is 9.47 Å². The zero-order valence-corrected chi connectivity index (χ0v) is 18.9. The molecule has 1 fully saturated rings. The number of benzene rings is 1. The van der Waals surface area contributed by atoms with E-state index in [1.54, 1.807) is 20.2 Å². The Morgan fingerprint density at radius 2 is 1.87 bits per heavy atom. The zero-order valence-electron chi connectivity index (χ0n) is 18.9. The lowest BCUT2D eigenvalue weighted by Gasteiger charge is -2.36. The molecule has 168 valence electrons. The van der Waals surface area contributed by atoms with Crippen LogP contribution in [0.4, 0.5) is 4.79 Å². The molecule has 0 bridgehead atoms. The number of alkyl carbamates (subject to hydrolysis) is 1. The number of hydrogen-bond donors (Lipinski definition) is 1. The molecule has 1 aliphatic carbocycles. The van der Waals surface area contributed by atoms with Crippen LogP contribution in [0.2, 0.25) is 0 Å². The summed E-state index contributed by atoms with van der Waals surface area (Å²) in [5.41, 5.74) is 1.70. The molecule has 1 aromatic carbocycles. The first-order valence-corrected chi connectivity index (χ1v) is 10.5. The van der Waals surface area contributed by atoms with Crippen LogP contribution in [0.1, 0.15) is 61.4 Å². The zero-order chi connectivity index (χ0) is 22.6. The number of rotatable bonds is 7. The van der Waals surface area contributed by atoms with Crippen molar-refractivity contribution < 1.29 is 19.1 Å². The normalized spacial score (nSPS) is 18.2. The second kappa shape index (κ2) is 9.51. The number of carbonyl (C=O) groups is 2. The summed E-state index contributed by atoms with van der Waals surface area (Å²) in [6.45, 7) is 6.25. The van der Waals surface area contributed by atoms with E-state index in [0.29, 0.717) is 12.3 Å². The van der Waals surface area contributed by atoms with E-state index in [9.17, 15) is 9.59 Å². The molecule has 8 nitrogen and oxygen atoms in total. The summed E-state index contributed by atoms with van der Waals surface area (Å²) >= 11 is 0. The van der Waals surface area contributed by atoms with Crippen molar-refractivity contribution >= 4 is 12.0 Å². The maximum absolute atomic E-state index is 12.4. The average molecular weight is 429 g/mol. The molecule has 1 aliphatic rings. The molecule has 0 aliphatic heterocycles. The van der Waals surface area contributed by atoms with Crippen LogP contribution in [0, 0.1) is 0 Å². The van der Waals surface area contributed by atoms with Crippen LogP contribution in [-0.4, -0.2) is 52.5 Å². The Morgan fingerprint density at radius 1 is 1.19 bits per heavy atom. The van der Waals surface area contributed by atoms with Gasteiger partial charge in [-0.3, -0.25) is 9.48 Å². The SMILES string of the molecule is CN(C)C(=O)c1cc(CNC(=O)OC(C)(C)C)n(C2CC(OCc3ccccc3)C2)n1. The second-order valence-electron chi connectivity index (χ2n) is 9.06. The number of nitrogens with one attached hydrogen (secondary N) is 1. The maximum atomic E-state index is 12.4. The molecule has 1 heterocycles. The van der Waals surface area contributed by atoms with Crippen molar-refractivity contribution in [2.24, 2.45) is 0 Å². The van der Waals surface area contributed by atoms with Crippen LogP contribution < -0.4 is 5.32 Å². The fraction of sp³-hybridized carbons (Fsp3) is 0.522. The first-order chi connectivity index (χ1) is 14.6. The van der Waals surface area contributed by atoms with Crippen LogP contribution in [0.15, 0.2) is 36.4 Å². The van der Waals surface area contributed by atoms with E-state index in [-0.39, 0.29) is 24.6 Å².